The molecule has 1 atom stereocenters. The standard InChI is InChI=1S/C16H15BrF2N2O3S/c1-10(16(22)20-15-7-6-11(17)8-14(15)19)21(25(2,23)24)13-5-3-4-12(18)9-13/h3-10H,1-2H3,(H,20,22)/t10-/m1/s1. The lowest BCUT2D eigenvalue weighted by atomic mass is 10.2. The van der Waals surface area contributed by atoms with Crippen LogP contribution in [0.2, 0.25) is 0 Å². The largest absolute Gasteiger partial charge is 0.322 e. The van der Waals surface area contributed by atoms with Crippen LogP contribution in [0.3, 0.4) is 0 Å². The van der Waals surface area contributed by atoms with E-state index in [1.807, 2.05) is 0 Å². The van der Waals surface area contributed by atoms with E-state index in [2.05, 4.69) is 21.2 Å². The topological polar surface area (TPSA) is 66.5 Å². The summed E-state index contributed by atoms with van der Waals surface area (Å²) in [4.78, 5) is 12.4. The van der Waals surface area contributed by atoms with Crippen molar-refractivity contribution in [3.8, 4) is 0 Å². The second kappa shape index (κ2) is 7.49. The van der Waals surface area contributed by atoms with Crippen molar-refractivity contribution in [3.05, 3.63) is 58.6 Å². The summed E-state index contributed by atoms with van der Waals surface area (Å²) in [7, 11) is -3.88. The molecule has 0 bridgehead atoms. The van der Waals surface area contributed by atoms with Crippen molar-refractivity contribution in [2.45, 2.75) is 13.0 Å². The average Bonchev–Trinajstić information content (AvgIpc) is 2.48. The van der Waals surface area contributed by atoms with Gasteiger partial charge < -0.3 is 5.32 Å². The fourth-order valence-corrected chi connectivity index (χ4v) is 3.75. The molecule has 0 radical (unpaired) electrons. The van der Waals surface area contributed by atoms with Crippen molar-refractivity contribution < 1.29 is 22.0 Å². The highest BCUT2D eigenvalue weighted by Crippen LogP contribution is 2.24. The second-order valence-electron chi connectivity index (χ2n) is 5.33. The van der Waals surface area contributed by atoms with Crippen LogP contribution in [-0.2, 0) is 14.8 Å². The smallest absolute Gasteiger partial charge is 0.248 e. The zero-order valence-electron chi connectivity index (χ0n) is 13.3. The summed E-state index contributed by atoms with van der Waals surface area (Å²) in [6.07, 6.45) is 0.905. The zero-order chi connectivity index (χ0) is 18.8. The number of rotatable bonds is 5. The molecule has 0 fully saturated rings. The van der Waals surface area contributed by atoms with Gasteiger partial charge in [-0.2, -0.15) is 0 Å². The molecule has 0 spiro atoms. The molecule has 0 heterocycles. The molecule has 2 aromatic carbocycles. The first kappa shape index (κ1) is 19.3. The van der Waals surface area contributed by atoms with E-state index in [4.69, 9.17) is 0 Å². The molecule has 0 aliphatic rings. The van der Waals surface area contributed by atoms with Crippen LogP contribution in [0.5, 0.6) is 0 Å². The van der Waals surface area contributed by atoms with Crippen LogP contribution in [-0.4, -0.2) is 26.6 Å². The quantitative estimate of drug-likeness (QED) is 0.785. The molecule has 2 aromatic rings. The third-order valence-electron chi connectivity index (χ3n) is 3.34. The monoisotopic (exact) mass is 432 g/mol. The predicted molar refractivity (Wildman–Crippen MR) is 95.9 cm³/mol. The Morgan fingerprint density at radius 1 is 1.20 bits per heavy atom. The van der Waals surface area contributed by atoms with E-state index in [9.17, 15) is 22.0 Å². The molecule has 0 aromatic heterocycles. The Kier molecular flexibility index (Phi) is 5.79. The van der Waals surface area contributed by atoms with Gasteiger partial charge in [0.1, 0.15) is 17.7 Å². The Morgan fingerprint density at radius 2 is 1.88 bits per heavy atom. The molecule has 0 aliphatic heterocycles. The summed E-state index contributed by atoms with van der Waals surface area (Å²) < 4.78 is 52.8. The highest BCUT2D eigenvalue weighted by atomic mass is 79.9. The number of nitrogens with one attached hydrogen (secondary N) is 1. The lowest BCUT2D eigenvalue weighted by Crippen LogP contribution is -2.45. The molecular weight excluding hydrogens is 418 g/mol. The molecule has 9 heteroatoms. The van der Waals surface area contributed by atoms with Crippen molar-refractivity contribution >= 4 is 43.2 Å². The summed E-state index contributed by atoms with van der Waals surface area (Å²) in [6.45, 7) is 1.33. The maximum atomic E-state index is 13.9. The first-order chi connectivity index (χ1) is 11.6. The molecule has 0 saturated carbocycles. The molecule has 0 aliphatic carbocycles. The van der Waals surface area contributed by atoms with Gasteiger partial charge in [-0.1, -0.05) is 22.0 Å². The Labute approximate surface area is 152 Å². The highest BCUT2D eigenvalue weighted by molar-refractivity contribution is 9.10. The molecule has 0 unspecified atom stereocenters. The first-order valence-electron chi connectivity index (χ1n) is 7.10. The van der Waals surface area contributed by atoms with Crippen molar-refractivity contribution in [1.29, 1.82) is 0 Å². The maximum Gasteiger partial charge on any atom is 0.248 e. The number of benzene rings is 2. The highest BCUT2D eigenvalue weighted by Gasteiger charge is 2.29. The number of carbonyl (C=O) groups excluding carboxylic acids is 1. The number of amides is 1. The minimum atomic E-state index is -3.88. The normalized spacial score (nSPS) is 12.5. The van der Waals surface area contributed by atoms with Crippen molar-refractivity contribution in [3.63, 3.8) is 0 Å². The van der Waals surface area contributed by atoms with Crippen molar-refractivity contribution in [2.24, 2.45) is 0 Å². The number of hydrogen-bond donors (Lipinski definition) is 1. The van der Waals surface area contributed by atoms with Gasteiger partial charge in [0.05, 0.1) is 17.6 Å². The molecule has 5 nitrogen and oxygen atoms in total. The van der Waals surface area contributed by atoms with Gasteiger partial charge >= 0.3 is 0 Å². The van der Waals surface area contributed by atoms with Crippen LogP contribution in [0.15, 0.2) is 46.9 Å². The zero-order valence-corrected chi connectivity index (χ0v) is 15.7. The second-order valence-corrected chi connectivity index (χ2v) is 8.10. The van der Waals surface area contributed by atoms with Crippen LogP contribution in [0, 0.1) is 11.6 Å². The first-order valence-corrected chi connectivity index (χ1v) is 9.74. The van der Waals surface area contributed by atoms with Gasteiger partial charge in [0.2, 0.25) is 15.9 Å². The molecule has 0 saturated heterocycles. The molecule has 1 amide bonds. The van der Waals surface area contributed by atoms with Crippen LogP contribution >= 0.6 is 15.9 Å². The minimum Gasteiger partial charge on any atom is -0.322 e. The third-order valence-corrected chi connectivity index (χ3v) is 5.08. The number of hydrogen-bond acceptors (Lipinski definition) is 3. The molecular formula is C16H15BrF2N2O3S. The fourth-order valence-electron chi connectivity index (χ4n) is 2.25. The summed E-state index contributed by atoms with van der Waals surface area (Å²) in [5.74, 6) is -2.07. The lowest BCUT2D eigenvalue weighted by molar-refractivity contribution is -0.116. The molecule has 134 valence electrons. The van der Waals surface area contributed by atoms with E-state index in [0.29, 0.717) is 4.47 Å². The summed E-state index contributed by atoms with van der Waals surface area (Å²) in [5.41, 5.74) is -0.0887. The van der Waals surface area contributed by atoms with Gasteiger partial charge in [-0.25, -0.2) is 17.2 Å². The number of carbonyl (C=O) groups is 1. The van der Waals surface area contributed by atoms with Crippen molar-refractivity contribution in [1.82, 2.24) is 0 Å². The van der Waals surface area contributed by atoms with Crippen LogP contribution in [0.1, 0.15) is 6.92 Å². The SMILES string of the molecule is C[C@H](C(=O)Nc1ccc(Br)cc1F)N(c1cccc(F)c1)S(C)(=O)=O. The minimum absolute atomic E-state index is 0.00132. The summed E-state index contributed by atoms with van der Waals surface area (Å²) in [5, 5.41) is 2.34. The van der Waals surface area contributed by atoms with Gasteiger partial charge in [-0.3, -0.25) is 9.10 Å². The summed E-state index contributed by atoms with van der Waals surface area (Å²) >= 11 is 3.10. The van der Waals surface area contributed by atoms with Gasteiger partial charge in [-0.05, 0) is 43.3 Å². The Morgan fingerprint density at radius 3 is 2.44 bits per heavy atom. The van der Waals surface area contributed by atoms with Crippen LogP contribution < -0.4 is 9.62 Å². The number of anilines is 2. The van der Waals surface area contributed by atoms with E-state index in [1.165, 1.54) is 37.3 Å². The van der Waals surface area contributed by atoms with Crippen LogP contribution in [0.25, 0.3) is 0 Å². The van der Waals surface area contributed by atoms with E-state index in [0.717, 1.165) is 22.7 Å². The van der Waals surface area contributed by atoms with Gasteiger partial charge in [0, 0.05) is 4.47 Å². The number of sulfonamides is 1. The van der Waals surface area contributed by atoms with E-state index in [1.54, 1.807) is 0 Å². The van der Waals surface area contributed by atoms with Gasteiger partial charge in [0.25, 0.3) is 0 Å². The predicted octanol–water partition coefficient (Wildman–Crippen LogP) is 3.52. The Hall–Kier alpha value is -2.00. The van der Waals surface area contributed by atoms with E-state index < -0.39 is 33.6 Å². The van der Waals surface area contributed by atoms with Gasteiger partial charge in [0.15, 0.2) is 0 Å². The molecule has 2 rings (SSSR count). The van der Waals surface area contributed by atoms with Crippen LogP contribution in [0.4, 0.5) is 20.2 Å². The Bertz CT molecular complexity index is 906. The van der Waals surface area contributed by atoms with Crippen molar-refractivity contribution in [2.75, 3.05) is 15.9 Å². The summed E-state index contributed by atoms with van der Waals surface area (Å²) in [6, 6.07) is 7.69. The Balaban J connectivity index is 2.33. The lowest BCUT2D eigenvalue weighted by Gasteiger charge is -2.28. The van der Waals surface area contributed by atoms with E-state index >= 15 is 0 Å². The number of nitrogens with zero attached hydrogens (tertiary/aromatic N) is 1. The maximum absolute atomic E-state index is 13.9. The third kappa shape index (κ3) is 4.76. The van der Waals surface area contributed by atoms with E-state index in [-0.39, 0.29) is 11.4 Å². The molecule has 25 heavy (non-hydrogen) atoms. The average molecular weight is 433 g/mol. The fraction of sp³-hybridized carbons (Fsp3) is 0.188. The van der Waals surface area contributed by atoms with Gasteiger partial charge in [-0.15, -0.1) is 0 Å². The number of halogens is 3. The molecule has 1 N–H and O–H groups in total.